The molecule has 0 aliphatic carbocycles. The van der Waals surface area contributed by atoms with Gasteiger partial charge in [-0.15, -0.1) is 0 Å². The quantitative estimate of drug-likeness (QED) is 0.464. The lowest BCUT2D eigenvalue weighted by Gasteiger charge is -2.05. The van der Waals surface area contributed by atoms with E-state index in [0.717, 1.165) is 19.4 Å². The largest absolute Gasteiger partial charge is 0.467 e. The molecule has 0 unspecified atom stereocenters. The van der Waals surface area contributed by atoms with Crippen LogP contribution in [0.2, 0.25) is 0 Å². The van der Waals surface area contributed by atoms with Crippen LogP contribution >= 0.6 is 22.6 Å². The van der Waals surface area contributed by atoms with Crippen LogP contribution < -0.4 is 0 Å². The molecule has 0 bridgehead atoms. The minimum absolute atomic E-state index is 0.205. The van der Waals surface area contributed by atoms with Crippen molar-refractivity contribution < 1.29 is 9.53 Å². The summed E-state index contributed by atoms with van der Waals surface area (Å²) < 4.78 is 5.97. The number of ether oxygens (including phenoxy) is 1. The fourth-order valence-corrected chi connectivity index (χ4v) is 1.86. The third kappa shape index (κ3) is 2.54. The minimum atomic E-state index is -0.205. The molecule has 4 heteroatoms. The molecule has 0 aliphatic rings. The number of hydrogen-bond donors (Lipinski definition) is 0. The summed E-state index contributed by atoms with van der Waals surface area (Å²) in [5, 5.41) is 0. The Kier molecular flexibility index (Phi) is 3.92. The monoisotopic (exact) mass is 306 g/mol. The molecule has 13 heavy (non-hydrogen) atoms. The Morgan fingerprint density at radius 1 is 1.62 bits per heavy atom. The van der Waals surface area contributed by atoms with E-state index in [1.165, 1.54) is 0 Å². The first-order valence-electron chi connectivity index (χ1n) is 4.09. The normalized spacial score (nSPS) is 10.0. The number of carbonyl (C=O) groups excluding carboxylic acids is 1. The Bertz CT molecular complexity index is 325. The molecule has 0 aromatic heterocycles. The van der Waals surface area contributed by atoms with Crippen LogP contribution in [0.25, 0.3) is 0 Å². The van der Waals surface area contributed by atoms with Crippen molar-refractivity contribution in [1.29, 1.82) is 0 Å². The zero-order valence-corrected chi connectivity index (χ0v) is 11.8. The van der Waals surface area contributed by atoms with Gasteiger partial charge in [0.15, 0.2) is 0 Å². The molecule has 0 aliphatic heterocycles. The SMILES string of the molecule is Cc1cccc(C(=O)OC[SiH3])c1I. The molecule has 1 aromatic carbocycles. The number of rotatable bonds is 2. The van der Waals surface area contributed by atoms with Gasteiger partial charge in [-0.05, 0) is 41.1 Å². The molecular weight excluding hydrogens is 295 g/mol. The van der Waals surface area contributed by atoms with Gasteiger partial charge in [-0.1, -0.05) is 12.1 Å². The third-order valence-electron chi connectivity index (χ3n) is 1.69. The molecular formula is C9H11IO2Si. The second kappa shape index (κ2) is 4.76. The molecule has 0 saturated carbocycles. The van der Waals surface area contributed by atoms with Crippen LogP contribution in [-0.4, -0.2) is 22.4 Å². The highest BCUT2D eigenvalue weighted by atomic mass is 127. The van der Waals surface area contributed by atoms with Crippen molar-refractivity contribution in [3.63, 3.8) is 0 Å². The molecule has 0 spiro atoms. The van der Waals surface area contributed by atoms with E-state index in [-0.39, 0.29) is 5.97 Å². The number of aryl methyl sites for hydroxylation is 1. The van der Waals surface area contributed by atoms with Gasteiger partial charge in [0.25, 0.3) is 0 Å². The zero-order chi connectivity index (χ0) is 9.84. The second-order valence-corrected chi connectivity index (χ2v) is 4.31. The lowest BCUT2D eigenvalue weighted by molar-refractivity contribution is 0.0572. The number of benzene rings is 1. The average Bonchev–Trinajstić information content (AvgIpc) is 2.10. The molecule has 0 amide bonds. The molecule has 0 saturated heterocycles. The van der Waals surface area contributed by atoms with Crippen LogP contribution in [0.15, 0.2) is 18.2 Å². The van der Waals surface area contributed by atoms with E-state index >= 15 is 0 Å². The van der Waals surface area contributed by atoms with Crippen LogP contribution in [-0.2, 0) is 4.74 Å². The van der Waals surface area contributed by atoms with E-state index in [1.54, 1.807) is 6.07 Å². The average molecular weight is 306 g/mol. The second-order valence-electron chi connectivity index (χ2n) is 2.66. The summed E-state index contributed by atoms with van der Waals surface area (Å²) in [7, 11) is 0.889. The summed E-state index contributed by atoms with van der Waals surface area (Å²) in [6, 6.07) is 5.66. The topological polar surface area (TPSA) is 26.3 Å². The van der Waals surface area contributed by atoms with Gasteiger partial charge >= 0.3 is 5.97 Å². The molecule has 1 rings (SSSR count). The Morgan fingerprint density at radius 3 is 2.92 bits per heavy atom. The molecule has 0 heterocycles. The number of hydrogen-bond acceptors (Lipinski definition) is 2. The summed E-state index contributed by atoms with van der Waals surface area (Å²) in [6.45, 7) is 1.99. The van der Waals surface area contributed by atoms with E-state index in [1.807, 2.05) is 19.1 Å². The highest BCUT2D eigenvalue weighted by Crippen LogP contribution is 2.17. The maximum atomic E-state index is 11.4. The van der Waals surface area contributed by atoms with Gasteiger partial charge in [0.05, 0.1) is 22.0 Å². The Balaban J connectivity index is 3.01. The molecule has 0 radical (unpaired) electrons. The predicted octanol–water partition coefficient (Wildman–Crippen LogP) is 1.08. The van der Waals surface area contributed by atoms with E-state index in [9.17, 15) is 4.79 Å². The molecule has 0 atom stereocenters. The van der Waals surface area contributed by atoms with E-state index < -0.39 is 0 Å². The highest BCUT2D eigenvalue weighted by molar-refractivity contribution is 14.1. The van der Waals surface area contributed by atoms with Gasteiger partial charge in [0.2, 0.25) is 0 Å². The van der Waals surface area contributed by atoms with E-state index in [4.69, 9.17) is 4.74 Å². The summed E-state index contributed by atoms with van der Waals surface area (Å²) in [4.78, 5) is 11.4. The molecule has 70 valence electrons. The van der Waals surface area contributed by atoms with E-state index in [2.05, 4.69) is 22.6 Å². The molecule has 0 N–H and O–H groups in total. The number of carbonyl (C=O) groups is 1. The lowest BCUT2D eigenvalue weighted by atomic mass is 10.1. The lowest BCUT2D eigenvalue weighted by Crippen LogP contribution is -2.08. The summed E-state index contributed by atoms with van der Waals surface area (Å²) in [5.41, 5.74) is 1.79. The van der Waals surface area contributed by atoms with E-state index in [0.29, 0.717) is 11.8 Å². The first kappa shape index (κ1) is 10.7. The van der Waals surface area contributed by atoms with Crippen LogP contribution in [0.3, 0.4) is 0 Å². The number of esters is 1. The van der Waals surface area contributed by atoms with Crippen LogP contribution in [0.4, 0.5) is 0 Å². The van der Waals surface area contributed by atoms with Crippen molar-refractivity contribution in [3.8, 4) is 0 Å². The van der Waals surface area contributed by atoms with Crippen molar-refractivity contribution in [1.82, 2.24) is 0 Å². The molecule has 1 aromatic rings. The minimum Gasteiger partial charge on any atom is -0.467 e. The van der Waals surface area contributed by atoms with Gasteiger partial charge in [-0.3, -0.25) is 0 Å². The maximum Gasteiger partial charge on any atom is 0.338 e. The first-order valence-corrected chi connectivity index (χ1v) is 6.58. The third-order valence-corrected chi connectivity index (χ3v) is 3.41. The van der Waals surface area contributed by atoms with Crippen molar-refractivity contribution in [2.24, 2.45) is 0 Å². The molecule has 2 nitrogen and oxygen atoms in total. The summed E-state index contributed by atoms with van der Waals surface area (Å²) >= 11 is 2.17. The first-order chi connectivity index (χ1) is 6.16. The summed E-state index contributed by atoms with van der Waals surface area (Å²) in [5.74, 6) is -0.205. The standard InChI is InChI=1S/C9H11IO2Si/c1-6-3-2-4-7(8(6)10)9(11)12-5-13/h2-4H,5H2,1,13H3. The van der Waals surface area contributed by atoms with Gasteiger partial charge in [0, 0.05) is 3.57 Å². The maximum absolute atomic E-state index is 11.4. The Hall–Kier alpha value is -0.363. The van der Waals surface area contributed by atoms with Crippen molar-refractivity contribution in [2.45, 2.75) is 6.92 Å². The fraction of sp³-hybridized carbons (Fsp3) is 0.222. The van der Waals surface area contributed by atoms with Crippen molar-refractivity contribution >= 4 is 38.8 Å². The Labute approximate surface area is 94.2 Å². The van der Waals surface area contributed by atoms with Crippen molar-refractivity contribution in [2.75, 3.05) is 6.23 Å². The van der Waals surface area contributed by atoms with Gasteiger partial charge in [0.1, 0.15) is 0 Å². The van der Waals surface area contributed by atoms with Gasteiger partial charge in [-0.25, -0.2) is 4.79 Å². The Morgan fingerprint density at radius 2 is 2.31 bits per heavy atom. The van der Waals surface area contributed by atoms with Crippen molar-refractivity contribution in [3.05, 3.63) is 32.9 Å². The van der Waals surface area contributed by atoms with Gasteiger partial charge < -0.3 is 4.74 Å². The summed E-state index contributed by atoms with van der Waals surface area (Å²) in [6.07, 6.45) is 0.558. The predicted molar refractivity (Wildman–Crippen MR) is 64.1 cm³/mol. The number of halogens is 1. The highest BCUT2D eigenvalue weighted by Gasteiger charge is 2.11. The van der Waals surface area contributed by atoms with Crippen LogP contribution in [0.1, 0.15) is 15.9 Å². The zero-order valence-electron chi connectivity index (χ0n) is 7.63. The smallest absolute Gasteiger partial charge is 0.338 e. The van der Waals surface area contributed by atoms with Gasteiger partial charge in [-0.2, -0.15) is 0 Å². The molecule has 0 fully saturated rings. The van der Waals surface area contributed by atoms with Crippen LogP contribution in [0.5, 0.6) is 0 Å². The van der Waals surface area contributed by atoms with Crippen LogP contribution in [0, 0.1) is 10.5 Å². The fourth-order valence-electron chi connectivity index (χ4n) is 1.01.